The molecule has 0 saturated carbocycles. The van der Waals surface area contributed by atoms with Gasteiger partial charge in [-0.2, -0.15) is 0 Å². The first-order valence-electron chi connectivity index (χ1n) is 21.4. The summed E-state index contributed by atoms with van der Waals surface area (Å²) in [6.45, 7) is 4.16. The summed E-state index contributed by atoms with van der Waals surface area (Å²) < 4.78 is 0. The van der Waals surface area contributed by atoms with E-state index < -0.39 is 18.2 Å². The number of nitrogens with one attached hydrogen (secondary N) is 1. The van der Waals surface area contributed by atoms with Gasteiger partial charge in [0.25, 0.3) is 0 Å². The largest absolute Gasteiger partial charge is 0.394 e. The number of aliphatic hydroxyl groups excluding tert-OH is 3. The molecule has 0 aliphatic carbocycles. The molecule has 5 heteroatoms. The predicted octanol–water partition coefficient (Wildman–Crippen LogP) is 12.2. The lowest BCUT2D eigenvalue weighted by atomic mass is 10.0. The van der Waals surface area contributed by atoms with Crippen LogP contribution in [0.25, 0.3) is 0 Å². The van der Waals surface area contributed by atoms with Crippen LogP contribution < -0.4 is 5.32 Å². The highest BCUT2D eigenvalue weighted by molar-refractivity contribution is 5.76. The monoisotopic (exact) mass is 702 g/mol. The van der Waals surface area contributed by atoms with E-state index in [4.69, 9.17) is 0 Å². The van der Waals surface area contributed by atoms with Crippen LogP contribution in [-0.4, -0.2) is 46.1 Å². The van der Waals surface area contributed by atoms with E-state index in [9.17, 15) is 20.1 Å². The Bertz CT molecular complexity index is 820. The molecule has 0 fully saturated rings. The first-order chi connectivity index (χ1) is 24.5. The van der Waals surface area contributed by atoms with Crippen LogP contribution in [0.5, 0.6) is 0 Å². The molecule has 0 bridgehead atoms. The van der Waals surface area contributed by atoms with E-state index >= 15 is 0 Å². The van der Waals surface area contributed by atoms with Gasteiger partial charge in [0, 0.05) is 0 Å². The van der Waals surface area contributed by atoms with Crippen LogP contribution in [0.15, 0.2) is 48.6 Å². The van der Waals surface area contributed by atoms with Gasteiger partial charge >= 0.3 is 0 Å². The molecule has 0 aromatic carbocycles. The van der Waals surface area contributed by atoms with Gasteiger partial charge in [-0.15, -0.1) is 0 Å². The van der Waals surface area contributed by atoms with Gasteiger partial charge in [-0.25, -0.2) is 0 Å². The molecule has 5 nitrogen and oxygen atoms in total. The zero-order valence-electron chi connectivity index (χ0n) is 33.0. The Morgan fingerprint density at radius 2 is 0.860 bits per heavy atom. The van der Waals surface area contributed by atoms with Gasteiger partial charge in [-0.3, -0.25) is 4.79 Å². The molecule has 3 unspecified atom stereocenters. The van der Waals surface area contributed by atoms with Crippen LogP contribution >= 0.6 is 0 Å². The fourth-order valence-electron chi connectivity index (χ4n) is 6.25. The third kappa shape index (κ3) is 36.1. The number of rotatable bonds is 38. The smallest absolute Gasteiger partial charge is 0.222 e. The molecular weight excluding hydrogens is 618 g/mol. The van der Waals surface area contributed by atoms with Gasteiger partial charge in [0.1, 0.15) is 0 Å². The Kier molecular flexibility index (Phi) is 38.7. The second-order valence-corrected chi connectivity index (χ2v) is 14.6. The molecule has 1 amide bonds. The number of hydrogen-bond donors (Lipinski definition) is 4. The molecule has 3 atom stereocenters. The highest BCUT2D eigenvalue weighted by atomic mass is 16.3. The topological polar surface area (TPSA) is 89.8 Å². The van der Waals surface area contributed by atoms with E-state index in [-0.39, 0.29) is 18.9 Å². The van der Waals surface area contributed by atoms with E-state index in [0.717, 1.165) is 38.5 Å². The van der Waals surface area contributed by atoms with Crippen molar-refractivity contribution in [2.75, 3.05) is 6.61 Å². The molecule has 0 saturated heterocycles. The Morgan fingerprint density at radius 1 is 0.500 bits per heavy atom. The Labute approximate surface area is 310 Å². The molecule has 0 aliphatic heterocycles. The van der Waals surface area contributed by atoms with Crippen molar-refractivity contribution in [1.29, 1.82) is 0 Å². The molecule has 50 heavy (non-hydrogen) atoms. The normalized spacial score (nSPS) is 14.1. The van der Waals surface area contributed by atoms with Crippen LogP contribution in [0.4, 0.5) is 0 Å². The summed E-state index contributed by atoms with van der Waals surface area (Å²) in [7, 11) is 0. The molecule has 292 valence electrons. The number of unbranched alkanes of at least 4 members (excludes halogenated alkanes) is 23. The van der Waals surface area contributed by atoms with Crippen molar-refractivity contribution >= 4 is 5.91 Å². The summed E-state index contributed by atoms with van der Waals surface area (Å²) in [6.07, 6.45) is 51.1. The molecule has 0 rings (SSSR count). The quantitative estimate of drug-likeness (QED) is 0.0381. The maximum absolute atomic E-state index is 12.4. The van der Waals surface area contributed by atoms with Crippen molar-refractivity contribution < 1.29 is 20.1 Å². The molecular formula is C45H83NO4. The summed E-state index contributed by atoms with van der Waals surface area (Å²) in [6, 6.07) is -0.769. The van der Waals surface area contributed by atoms with Crippen molar-refractivity contribution in [3.8, 4) is 0 Å². The lowest BCUT2D eigenvalue weighted by Crippen LogP contribution is -2.45. The summed E-state index contributed by atoms with van der Waals surface area (Å²) in [4.78, 5) is 12.4. The molecule has 0 heterocycles. The first-order valence-corrected chi connectivity index (χ1v) is 21.4. The van der Waals surface area contributed by atoms with E-state index in [0.29, 0.717) is 6.42 Å². The van der Waals surface area contributed by atoms with Gasteiger partial charge < -0.3 is 20.6 Å². The minimum absolute atomic E-state index is 0.00273. The van der Waals surface area contributed by atoms with Crippen molar-refractivity contribution in [2.45, 2.75) is 225 Å². The van der Waals surface area contributed by atoms with Gasteiger partial charge in [0.2, 0.25) is 5.91 Å². The average Bonchev–Trinajstić information content (AvgIpc) is 3.11. The number of carbonyl (C=O) groups is 1. The first kappa shape index (κ1) is 48.3. The summed E-state index contributed by atoms with van der Waals surface area (Å²) in [5, 5.41) is 33.1. The highest BCUT2D eigenvalue weighted by Gasteiger charge is 2.20. The lowest BCUT2D eigenvalue weighted by Gasteiger charge is -2.21. The van der Waals surface area contributed by atoms with Gasteiger partial charge in [-0.05, 0) is 70.6 Å². The van der Waals surface area contributed by atoms with E-state index in [1.165, 1.54) is 141 Å². The fraction of sp³-hybridized carbons (Fsp3) is 0.800. The maximum Gasteiger partial charge on any atom is 0.222 e. The average molecular weight is 702 g/mol. The Morgan fingerprint density at radius 3 is 1.32 bits per heavy atom. The summed E-state index contributed by atoms with van der Waals surface area (Å²) in [5.41, 5.74) is 0. The molecule has 0 aliphatic rings. The van der Waals surface area contributed by atoms with E-state index in [1.807, 2.05) is 6.08 Å². The third-order valence-electron chi connectivity index (χ3n) is 9.57. The van der Waals surface area contributed by atoms with Crippen LogP contribution in [-0.2, 0) is 4.79 Å². The SMILES string of the molecule is CCCCC/C=C/CC/C=C/CC/C=C/C(O)C(CO)NC(=O)CC(O)CCCCCCCC/C=C\CCCCCCCCCCCCCC. The standard InChI is InChI=1S/C45H83NO4/c1-3-5-7-9-11-13-15-17-18-19-20-21-22-23-24-25-27-28-30-32-34-36-38-42(48)40-45(50)46-43(41-47)44(49)39-37-35-33-31-29-26-16-14-12-10-8-6-4-2/h12,14,23-24,29,31,37,39,42-44,47-49H,3-11,13,15-22,25-28,30,32-36,38,40-41H2,1-2H3,(H,46,50)/b14-12+,24-23-,31-29+,39-37+. The van der Waals surface area contributed by atoms with Crippen molar-refractivity contribution in [3.63, 3.8) is 0 Å². The predicted molar refractivity (Wildman–Crippen MR) is 217 cm³/mol. The Balaban J connectivity index is 3.70. The second kappa shape index (κ2) is 40.1. The Hall–Kier alpha value is -1.69. The molecule has 0 radical (unpaired) electrons. The second-order valence-electron chi connectivity index (χ2n) is 14.6. The number of carbonyl (C=O) groups excluding carboxylic acids is 1. The molecule has 4 N–H and O–H groups in total. The molecule has 0 aromatic rings. The van der Waals surface area contributed by atoms with Crippen LogP contribution in [0.3, 0.4) is 0 Å². The fourth-order valence-corrected chi connectivity index (χ4v) is 6.25. The van der Waals surface area contributed by atoms with Crippen molar-refractivity contribution in [3.05, 3.63) is 48.6 Å². The molecule has 0 spiro atoms. The van der Waals surface area contributed by atoms with Gasteiger partial charge in [0.15, 0.2) is 0 Å². The zero-order valence-corrected chi connectivity index (χ0v) is 33.0. The van der Waals surface area contributed by atoms with E-state index in [2.05, 4.69) is 55.6 Å². The lowest BCUT2D eigenvalue weighted by molar-refractivity contribution is -0.124. The number of hydrogen-bond acceptors (Lipinski definition) is 4. The zero-order chi connectivity index (χ0) is 36.6. The minimum Gasteiger partial charge on any atom is -0.394 e. The third-order valence-corrected chi connectivity index (χ3v) is 9.57. The number of aliphatic hydroxyl groups is 3. The number of allylic oxidation sites excluding steroid dienone is 7. The van der Waals surface area contributed by atoms with Crippen molar-refractivity contribution in [2.24, 2.45) is 0 Å². The van der Waals surface area contributed by atoms with Crippen LogP contribution in [0.2, 0.25) is 0 Å². The van der Waals surface area contributed by atoms with Gasteiger partial charge in [0.05, 0.1) is 31.3 Å². The highest BCUT2D eigenvalue weighted by Crippen LogP contribution is 2.14. The molecule has 0 aromatic heterocycles. The maximum atomic E-state index is 12.4. The van der Waals surface area contributed by atoms with Crippen LogP contribution in [0.1, 0.15) is 206 Å². The number of amides is 1. The minimum atomic E-state index is -0.961. The van der Waals surface area contributed by atoms with E-state index in [1.54, 1.807) is 6.08 Å². The van der Waals surface area contributed by atoms with Crippen molar-refractivity contribution in [1.82, 2.24) is 5.32 Å². The van der Waals surface area contributed by atoms with Gasteiger partial charge in [-0.1, -0.05) is 178 Å². The van der Waals surface area contributed by atoms with Crippen LogP contribution in [0, 0.1) is 0 Å². The summed E-state index contributed by atoms with van der Waals surface area (Å²) in [5.74, 6) is -0.335. The summed E-state index contributed by atoms with van der Waals surface area (Å²) >= 11 is 0.